The number of esters is 1. The molecule has 0 aliphatic carbocycles. The summed E-state index contributed by atoms with van der Waals surface area (Å²) in [5, 5.41) is 2.39. The van der Waals surface area contributed by atoms with Gasteiger partial charge in [0.1, 0.15) is 16.9 Å². The van der Waals surface area contributed by atoms with E-state index in [0.29, 0.717) is 16.9 Å². The molecule has 3 aromatic carbocycles. The molecule has 3 rings (SSSR count). The van der Waals surface area contributed by atoms with Gasteiger partial charge in [-0.15, -0.1) is 0 Å². The van der Waals surface area contributed by atoms with E-state index in [-0.39, 0.29) is 11.8 Å². The summed E-state index contributed by atoms with van der Waals surface area (Å²) in [5.41, 5.74) is 2.00. The first kappa shape index (κ1) is 25.3. The topological polar surface area (TPSA) is 81.7 Å². The number of nitrogens with one attached hydrogen (secondary N) is 1. The van der Waals surface area contributed by atoms with Crippen molar-refractivity contribution < 1.29 is 23.3 Å². The Morgan fingerprint density at radius 3 is 2.09 bits per heavy atom. The number of ether oxygens (including phenoxy) is 2. The molecule has 1 N–H and O–H groups in total. The van der Waals surface area contributed by atoms with Crippen LogP contribution in [0.1, 0.15) is 39.6 Å². The minimum atomic E-state index is -1.41. The van der Waals surface area contributed by atoms with Gasteiger partial charge in [-0.2, -0.15) is 0 Å². The van der Waals surface area contributed by atoms with Crippen molar-refractivity contribution in [2.75, 3.05) is 13.4 Å². The Bertz CT molecular complexity index is 1110. The largest absolute Gasteiger partial charge is 0.497 e. The zero-order valence-corrected chi connectivity index (χ0v) is 20.3. The summed E-state index contributed by atoms with van der Waals surface area (Å²) in [4.78, 5) is 25.2. The molecular weight excluding hydrogens is 450 g/mol. The summed E-state index contributed by atoms with van der Waals surface area (Å²) in [5.74, 6) is 0.404. The van der Waals surface area contributed by atoms with Crippen LogP contribution < -0.4 is 14.8 Å². The fraction of sp³-hybridized carbons (Fsp3) is 0.259. The molecule has 7 heteroatoms. The van der Waals surface area contributed by atoms with Crippen LogP contribution >= 0.6 is 0 Å². The third-order valence-electron chi connectivity index (χ3n) is 5.39. The summed E-state index contributed by atoms with van der Waals surface area (Å²) in [7, 11) is 0.224. The summed E-state index contributed by atoms with van der Waals surface area (Å²) in [6.45, 7) is 1.97. The fourth-order valence-corrected chi connectivity index (χ4v) is 4.28. The monoisotopic (exact) mass is 479 g/mol. The maximum Gasteiger partial charge on any atom is 0.343 e. The SMILES string of the molecule is COc1ccc(CCC(C)NC(C(=O)c2ccc(OC(=O)c3ccccc3)cc2)S(C)=O)cc1. The molecule has 0 fully saturated rings. The highest BCUT2D eigenvalue weighted by molar-refractivity contribution is 7.85. The normalized spacial score (nSPS) is 13.5. The molecule has 3 aromatic rings. The minimum absolute atomic E-state index is 0.0222. The van der Waals surface area contributed by atoms with Crippen LogP contribution in [0.3, 0.4) is 0 Å². The Hall–Kier alpha value is -3.29. The van der Waals surface area contributed by atoms with E-state index >= 15 is 0 Å². The molecule has 0 aromatic heterocycles. The second kappa shape index (κ2) is 12.3. The van der Waals surface area contributed by atoms with E-state index in [9.17, 15) is 13.8 Å². The number of aryl methyl sites for hydroxylation is 1. The highest BCUT2D eigenvalue weighted by Gasteiger charge is 2.25. The molecule has 0 aliphatic rings. The number of benzene rings is 3. The summed E-state index contributed by atoms with van der Waals surface area (Å²) in [6.07, 6.45) is 3.11. The maximum atomic E-state index is 13.0. The number of hydrogen-bond donors (Lipinski definition) is 1. The Morgan fingerprint density at radius 1 is 0.882 bits per heavy atom. The fourth-order valence-electron chi connectivity index (χ4n) is 3.42. The first-order valence-electron chi connectivity index (χ1n) is 11.0. The third-order valence-corrected chi connectivity index (χ3v) is 6.40. The lowest BCUT2D eigenvalue weighted by atomic mass is 10.1. The molecule has 0 aliphatic heterocycles. The molecule has 178 valence electrons. The Kier molecular flexibility index (Phi) is 9.13. The Labute approximate surface area is 202 Å². The summed E-state index contributed by atoms with van der Waals surface area (Å²) < 4.78 is 22.9. The van der Waals surface area contributed by atoms with Crippen molar-refractivity contribution in [1.82, 2.24) is 5.32 Å². The highest BCUT2D eigenvalue weighted by atomic mass is 32.2. The van der Waals surface area contributed by atoms with Crippen molar-refractivity contribution in [3.63, 3.8) is 0 Å². The average molecular weight is 480 g/mol. The number of Topliss-reactive ketones (excluding diaryl/α,β-unsaturated/α-hetero) is 1. The standard InChI is InChI=1S/C27H29NO5S/c1-19(9-10-20-11-15-23(32-2)16-12-20)28-26(34(3)31)25(29)21-13-17-24(18-14-21)33-27(30)22-7-5-4-6-8-22/h4-8,11-19,26,28H,9-10H2,1-3H3. The molecule has 0 spiro atoms. The Morgan fingerprint density at radius 2 is 1.50 bits per heavy atom. The first-order chi connectivity index (χ1) is 16.4. The molecule has 0 saturated heterocycles. The van der Waals surface area contributed by atoms with E-state index in [2.05, 4.69) is 5.32 Å². The van der Waals surface area contributed by atoms with Gasteiger partial charge < -0.3 is 9.47 Å². The van der Waals surface area contributed by atoms with Crippen LogP contribution in [0, 0.1) is 0 Å². The van der Waals surface area contributed by atoms with E-state index in [0.717, 1.165) is 24.2 Å². The van der Waals surface area contributed by atoms with Gasteiger partial charge in [0.15, 0.2) is 5.78 Å². The van der Waals surface area contributed by atoms with Crippen molar-refractivity contribution in [3.05, 3.63) is 95.6 Å². The van der Waals surface area contributed by atoms with E-state index in [1.165, 1.54) is 6.26 Å². The predicted molar refractivity (Wildman–Crippen MR) is 134 cm³/mol. The lowest BCUT2D eigenvalue weighted by Gasteiger charge is -2.21. The van der Waals surface area contributed by atoms with Crippen LogP contribution in [0.15, 0.2) is 78.9 Å². The van der Waals surface area contributed by atoms with Gasteiger partial charge in [-0.1, -0.05) is 30.3 Å². The molecule has 0 bridgehead atoms. The van der Waals surface area contributed by atoms with E-state index in [1.54, 1.807) is 55.6 Å². The molecule has 3 unspecified atom stereocenters. The molecule has 0 amide bonds. The number of carbonyl (C=O) groups is 2. The first-order valence-corrected chi connectivity index (χ1v) is 12.6. The lowest BCUT2D eigenvalue weighted by molar-refractivity contribution is 0.0734. The van der Waals surface area contributed by atoms with E-state index in [1.807, 2.05) is 37.3 Å². The molecular formula is C27H29NO5S. The van der Waals surface area contributed by atoms with Gasteiger partial charge in [-0.3, -0.25) is 14.3 Å². The smallest absolute Gasteiger partial charge is 0.343 e. The van der Waals surface area contributed by atoms with Crippen LogP contribution in [-0.2, 0) is 17.2 Å². The zero-order valence-electron chi connectivity index (χ0n) is 19.5. The van der Waals surface area contributed by atoms with Crippen LogP contribution in [0.4, 0.5) is 0 Å². The maximum absolute atomic E-state index is 13.0. The van der Waals surface area contributed by atoms with Gasteiger partial charge in [0.25, 0.3) is 0 Å². The number of rotatable bonds is 11. The quantitative estimate of drug-likeness (QED) is 0.249. The molecule has 6 nitrogen and oxygen atoms in total. The number of methoxy groups -OCH3 is 1. The van der Waals surface area contributed by atoms with Gasteiger partial charge in [-0.05, 0) is 73.9 Å². The van der Waals surface area contributed by atoms with Crippen molar-refractivity contribution in [1.29, 1.82) is 0 Å². The Balaban J connectivity index is 1.58. The summed E-state index contributed by atoms with van der Waals surface area (Å²) in [6, 6.07) is 22.8. The number of hydrogen-bond acceptors (Lipinski definition) is 6. The second-order valence-corrected chi connectivity index (χ2v) is 9.45. The lowest BCUT2D eigenvalue weighted by Crippen LogP contribution is -2.44. The molecule has 34 heavy (non-hydrogen) atoms. The summed E-state index contributed by atoms with van der Waals surface area (Å²) >= 11 is 0. The average Bonchev–Trinajstić information content (AvgIpc) is 2.86. The third kappa shape index (κ3) is 7.10. The number of carbonyl (C=O) groups excluding carboxylic acids is 2. The van der Waals surface area contributed by atoms with Gasteiger partial charge in [0, 0.05) is 28.7 Å². The van der Waals surface area contributed by atoms with Crippen molar-refractivity contribution >= 4 is 22.6 Å². The van der Waals surface area contributed by atoms with Crippen LogP contribution in [0.25, 0.3) is 0 Å². The van der Waals surface area contributed by atoms with Crippen LogP contribution in [-0.4, -0.2) is 40.7 Å². The molecule has 0 heterocycles. The molecule has 0 radical (unpaired) electrons. The highest BCUT2D eigenvalue weighted by Crippen LogP contribution is 2.17. The van der Waals surface area contributed by atoms with Crippen molar-refractivity contribution in [3.8, 4) is 11.5 Å². The van der Waals surface area contributed by atoms with Crippen LogP contribution in [0.5, 0.6) is 11.5 Å². The van der Waals surface area contributed by atoms with E-state index in [4.69, 9.17) is 9.47 Å². The minimum Gasteiger partial charge on any atom is -0.497 e. The van der Waals surface area contributed by atoms with Gasteiger partial charge >= 0.3 is 5.97 Å². The van der Waals surface area contributed by atoms with Crippen LogP contribution in [0.2, 0.25) is 0 Å². The van der Waals surface area contributed by atoms with Gasteiger partial charge in [0.2, 0.25) is 0 Å². The second-order valence-electron chi connectivity index (χ2n) is 7.98. The molecule has 3 atom stereocenters. The predicted octanol–water partition coefficient (Wildman–Crippen LogP) is 4.41. The zero-order chi connectivity index (χ0) is 24.5. The van der Waals surface area contributed by atoms with Gasteiger partial charge in [0.05, 0.1) is 12.7 Å². The van der Waals surface area contributed by atoms with Gasteiger partial charge in [-0.25, -0.2) is 4.79 Å². The van der Waals surface area contributed by atoms with Crippen molar-refractivity contribution in [2.45, 2.75) is 31.2 Å². The van der Waals surface area contributed by atoms with E-state index < -0.39 is 22.1 Å². The molecule has 0 saturated carbocycles. The number of ketones is 1. The van der Waals surface area contributed by atoms with Crippen molar-refractivity contribution in [2.24, 2.45) is 0 Å².